The van der Waals surface area contributed by atoms with E-state index < -0.39 is 5.54 Å². The Morgan fingerprint density at radius 1 is 1.50 bits per heavy atom. The molecule has 0 bridgehead atoms. The lowest BCUT2D eigenvalue weighted by Crippen LogP contribution is -2.58. The summed E-state index contributed by atoms with van der Waals surface area (Å²) in [5.41, 5.74) is -0.594. The number of methoxy groups -OCH3 is 1. The van der Waals surface area contributed by atoms with Crippen LogP contribution in [0.25, 0.3) is 0 Å². The second kappa shape index (κ2) is 5.02. The van der Waals surface area contributed by atoms with Crippen LogP contribution in [0.15, 0.2) is 17.5 Å². The standard InChI is InChI=1S/C14H21NO2S/c1-13(2)7-5-8-14(13,12(16)17-3)15-10-11-6-4-9-18-11/h4,6,9,15H,5,7-8,10H2,1-3H3. The molecule has 0 aromatic carbocycles. The Kier molecular flexibility index (Phi) is 3.78. The van der Waals surface area contributed by atoms with Crippen LogP contribution in [0.1, 0.15) is 38.0 Å². The minimum Gasteiger partial charge on any atom is -0.468 e. The molecule has 0 aliphatic heterocycles. The van der Waals surface area contributed by atoms with Gasteiger partial charge in [0, 0.05) is 11.4 Å². The van der Waals surface area contributed by atoms with Gasteiger partial charge in [-0.2, -0.15) is 0 Å². The highest BCUT2D eigenvalue weighted by Gasteiger charge is 2.54. The normalized spacial score (nSPS) is 26.2. The summed E-state index contributed by atoms with van der Waals surface area (Å²) in [7, 11) is 1.48. The predicted molar refractivity (Wildman–Crippen MR) is 73.5 cm³/mol. The average Bonchev–Trinajstić information content (AvgIpc) is 2.94. The third-order valence-electron chi connectivity index (χ3n) is 4.19. The van der Waals surface area contributed by atoms with Crippen molar-refractivity contribution in [3.63, 3.8) is 0 Å². The van der Waals surface area contributed by atoms with Crippen molar-refractivity contribution in [2.24, 2.45) is 5.41 Å². The fraction of sp³-hybridized carbons (Fsp3) is 0.643. The number of thiophene rings is 1. The molecule has 1 atom stereocenters. The van der Waals surface area contributed by atoms with Gasteiger partial charge in [0.2, 0.25) is 0 Å². The van der Waals surface area contributed by atoms with Gasteiger partial charge >= 0.3 is 5.97 Å². The molecular weight excluding hydrogens is 246 g/mol. The van der Waals surface area contributed by atoms with Gasteiger partial charge in [-0.1, -0.05) is 26.3 Å². The number of esters is 1. The van der Waals surface area contributed by atoms with Crippen molar-refractivity contribution in [3.8, 4) is 0 Å². The molecule has 0 radical (unpaired) electrons. The van der Waals surface area contributed by atoms with Gasteiger partial charge in [0.1, 0.15) is 5.54 Å². The van der Waals surface area contributed by atoms with E-state index in [-0.39, 0.29) is 11.4 Å². The number of carbonyl (C=O) groups is 1. The van der Waals surface area contributed by atoms with E-state index in [1.54, 1.807) is 11.3 Å². The van der Waals surface area contributed by atoms with Crippen LogP contribution < -0.4 is 5.32 Å². The molecule has 1 aromatic heterocycles. The first kappa shape index (κ1) is 13.6. The highest BCUT2D eigenvalue weighted by atomic mass is 32.1. The van der Waals surface area contributed by atoms with Crippen LogP contribution in [0.5, 0.6) is 0 Å². The molecule has 1 aromatic rings. The summed E-state index contributed by atoms with van der Waals surface area (Å²) in [5.74, 6) is -0.124. The fourth-order valence-corrected chi connectivity index (χ4v) is 3.60. The maximum Gasteiger partial charge on any atom is 0.326 e. The van der Waals surface area contributed by atoms with E-state index in [2.05, 4.69) is 30.6 Å². The summed E-state index contributed by atoms with van der Waals surface area (Å²) < 4.78 is 5.04. The number of nitrogens with one attached hydrogen (secondary N) is 1. The second-order valence-corrected chi connectivity index (χ2v) is 6.60. The molecule has 0 saturated heterocycles. The van der Waals surface area contributed by atoms with Crippen LogP contribution in [-0.2, 0) is 16.1 Å². The topological polar surface area (TPSA) is 38.3 Å². The van der Waals surface area contributed by atoms with E-state index in [9.17, 15) is 4.79 Å². The third-order valence-corrected chi connectivity index (χ3v) is 5.06. The molecule has 2 rings (SSSR count). The summed E-state index contributed by atoms with van der Waals surface area (Å²) in [6, 6.07) is 4.12. The van der Waals surface area contributed by atoms with Gasteiger partial charge in [-0.25, -0.2) is 0 Å². The van der Waals surface area contributed by atoms with Gasteiger partial charge < -0.3 is 4.74 Å². The number of rotatable bonds is 4. The van der Waals surface area contributed by atoms with Gasteiger partial charge in [0.25, 0.3) is 0 Å². The lowest BCUT2D eigenvalue weighted by molar-refractivity contribution is -0.153. The molecule has 1 fully saturated rings. The molecular formula is C14H21NO2S. The van der Waals surface area contributed by atoms with Crippen LogP contribution in [-0.4, -0.2) is 18.6 Å². The van der Waals surface area contributed by atoms with E-state index >= 15 is 0 Å². The Balaban J connectivity index is 2.18. The van der Waals surface area contributed by atoms with Crippen molar-refractivity contribution in [3.05, 3.63) is 22.4 Å². The number of hydrogen-bond acceptors (Lipinski definition) is 4. The zero-order valence-electron chi connectivity index (χ0n) is 11.3. The molecule has 18 heavy (non-hydrogen) atoms. The van der Waals surface area contributed by atoms with Crippen molar-refractivity contribution in [1.29, 1.82) is 0 Å². The van der Waals surface area contributed by atoms with Gasteiger partial charge in [0.05, 0.1) is 7.11 Å². The fourth-order valence-electron chi connectivity index (χ4n) is 2.95. The minimum atomic E-state index is -0.536. The number of carbonyl (C=O) groups excluding carboxylic acids is 1. The maximum absolute atomic E-state index is 12.2. The number of hydrogen-bond donors (Lipinski definition) is 1. The zero-order chi connectivity index (χ0) is 13.2. The summed E-state index contributed by atoms with van der Waals surface area (Å²) in [4.78, 5) is 13.5. The van der Waals surface area contributed by atoms with Crippen LogP contribution in [0.3, 0.4) is 0 Å². The number of ether oxygens (including phenoxy) is 1. The van der Waals surface area contributed by atoms with E-state index in [0.717, 1.165) is 25.8 Å². The zero-order valence-corrected chi connectivity index (χ0v) is 12.1. The van der Waals surface area contributed by atoms with Crippen molar-refractivity contribution >= 4 is 17.3 Å². The first-order valence-corrected chi connectivity index (χ1v) is 7.26. The van der Waals surface area contributed by atoms with E-state index in [0.29, 0.717) is 0 Å². The van der Waals surface area contributed by atoms with Gasteiger partial charge in [-0.15, -0.1) is 11.3 Å². The first-order valence-electron chi connectivity index (χ1n) is 6.38. The summed E-state index contributed by atoms with van der Waals surface area (Å²) in [5, 5.41) is 5.53. The third kappa shape index (κ3) is 2.19. The Morgan fingerprint density at radius 3 is 2.78 bits per heavy atom. The Morgan fingerprint density at radius 2 is 2.28 bits per heavy atom. The lowest BCUT2D eigenvalue weighted by atomic mass is 9.74. The Hall–Kier alpha value is -0.870. The quantitative estimate of drug-likeness (QED) is 0.852. The van der Waals surface area contributed by atoms with E-state index in [4.69, 9.17) is 4.74 Å². The monoisotopic (exact) mass is 267 g/mol. The Bertz CT molecular complexity index is 413. The SMILES string of the molecule is COC(=O)C1(NCc2cccs2)CCCC1(C)C. The molecule has 1 N–H and O–H groups in total. The van der Waals surface area contributed by atoms with E-state index in [1.807, 2.05) is 6.07 Å². The van der Waals surface area contributed by atoms with E-state index in [1.165, 1.54) is 12.0 Å². The van der Waals surface area contributed by atoms with Gasteiger partial charge in [-0.05, 0) is 29.7 Å². The predicted octanol–water partition coefficient (Wildman–Crippen LogP) is 2.96. The van der Waals surface area contributed by atoms with Crippen molar-refractivity contribution in [2.45, 2.75) is 45.2 Å². The molecule has 100 valence electrons. The molecule has 1 aliphatic rings. The summed E-state index contributed by atoms with van der Waals surface area (Å²) >= 11 is 1.71. The van der Waals surface area contributed by atoms with Gasteiger partial charge in [0.15, 0.2) is 0 Å². The minimum absolute atomic E-state index is 0.0582. The molecule has 1 unspecified atom stereocenters. The van der Waals surface area contributed by atoms with Crippen molar-refractivity contribution in [2.75, 3.05) is 7.11 Å². The Labute approximate surface area is 113 Å². The molecule has 3 nitrogen and oxygen atoms in total. The van der Waals surface area contributed by atoms with Crippen LogP contribution in [0.4, 0.5) is 0 Å². The highest BCUT2D eigenvalue weighted by Crippen LogP contribution is 2.46. The largest absolute Gasteiger partial charge is 0.468 e. The van der Waals surface area contributed by atoms with Crippen LogP contribution in [0.2, 0.25) is 0 Å². The first-order chi connectivity index (χ1) is 8.52. The molecule has 4 heteroatoms. The molecule has 1 heterocycles. The van der Waals surface area contributed by atoms with Crippen molar-refractivity contribution in [1.82, 2.24) is 5.32 Å². The molecule has 1 aliphatic carbocycles. The smallest absolute Gasteiger partial charge is 0.326 e. The molecule has 1 saturated carbocycles. The van der Waals surface area contributed by atoms with Crippen molar-refractivity contribution < 1.29 is 9.53 Å². The average molecular weight is 267 g/mol. The molecule has 0 spiro atoms. The van der Waals surface area contributed by atoms with Crippen LogP contribution in [0, 0.1) is 5.41 Å². The maximum atomic E-state index is 12.2. The molecule has 0 amide bonds. The lowest BCUT2D eigenvalue weighted by Gasteiger charge is -2.39. The van der Waals surface area contributed by atoms with Gasteiger partial charge in [-0.3, -0.25) is 10.1 Å². The summed E-state index contributed by atoms with van der Waals surface area (Å²) in [6.45, 7) is 5.03. The van der Waals surface area contributed by atoms with Crippen LogP contribution >= 0.6 is 11.3 Å². The second-order valence-electron chi connectivity index (χ2n) is 5.57. The summed E-state index contributed by atoms with van der Waals surface area (Å²) in [6.07, 6.45) is 2.98. The highest BCUT2D eigenvalue weighted by molar-refractivity contribution is 7.09.